The highest BCUT2D eigenvalue weighted by atomic mass is 35.5. The molecule has 3 N–H and O–H groups in total. The first-order valence-corrected chi connectivity index (χ1v) is 6.90. The van der Waals surface area contributed by atoms with Crippen LogP contribution in [0.3, 0.4) is 0 Å². The van der Waals surface area contributed by atoms with Crippen molar-refractivity contribution in [2.24, 2.45) is 5.73 Å². The molecule has 1 aromatic rings. The van der Waals surface area contributed by atoms with Crippen LogP contribution in [0, 0.1) is 5.82 Å². The van der Waals surface area contributed by atoms with Crippen molar-refractivity contribution in [2.45, 2.75) is 24.3 Å². The summed E-state index contributed by atoms with van der Waals surface area (Å²) in [6.07, 6.45) is 0.474. The topological polar surface area (TPSA) is 72.2 Å². The second-order valence-electron chi connectivity index (χ2n) is 3.72. The van der Waals surface area contributed by atoms with Gasteiger partial charge < -0.3 is 5.73 Å². The Morgan fingerprint density at radius 1 is 1.53 bits per heavy atom. The molecule has 1 rings (SSSR count). The molecular formula is C10H14ClFN2O2S. The predicted octanol–water partition coefficient (Wildman–Crippen LogP) is 1.49. The minimum Gasteiger partial charge on any atom is -0.328 e. The third-order valence-electron chi connectivity index (χ3n) is 2.10. The molecule has 0 bridgehead atoms. The molecule has 0 fully saturated rings. The van der Waals surface area contributed by atoms with Crippen molar-refractivity contribution in [1.82, 2.24) is 4.72 Å². The first-order chi connectivity index (χ1) is 7.84. The first-order valence-electron chi connectivity index (χ1n) is 5.04. The van der Waals surface area contributed by atoms with E-state index in [4.69, 9.17) is 17.3 Å². The molecule has 0 saturated heterocycles. The predicted molar refractivity (Wildman–Crippen MR) is 64.9 cm³/mol. The molecule has 4 nitrogen and oxygen atoms in total. The average Bonchev–Trinajstić information content (AvgIpc) is 2.21. The van der Waals surface area contributed by atoms with Crippen molar-refractivity contribution in [3.63, 3.8) is 0 Å². The average molecular weight is 281 g/mol. The molecule has 1 atom stereocenters. The highest BCUT2D eigenvalue weighted by Crippen LogP contribution is 2.21. The smallest absolute Gasteiger partial charge is 0.243 e. The van der Waals surface area contributed by atoms with Gasteiger partial charge in [-0.3, -0.25) is 0 Å². The molecule has 0 aliphatic rings. The van der Waals surface area contributed by atoms with Crippen LogP contribution in [-0.4, -0.2) is 21.0 Å². The standard InChI is InChI=1S/C10H14ClFN2O2S/c1-7(13)5-6-14-17(15,16)9-4-2-3-8(11)10(9)12/h2-4,7,14H,5-6,13H2,1H3/t7-/m0/s1. The summed E-state index contributed by atoms with van der Waals surface area (Å²) in [6, 6.07) is 3.71. The van der Waals surface area contributed by atoms with E-state index >= 15 is 0 Å². The van der Waals surface area contributed by atoms with Crippen LogP contribution in [0.25, 0.3) is 0 Å². The van der Waals surface area contributed by atoms with E-state index in [1.807, 2.05) is 0 Å². The molecule has 0 heterocycles. The SMILES string of the molecule is C[C@H](N)CCNS(=O)(=O)c1cccc(Cl)c1F. The van der Waals surface area contributed by atoms with Crippen LogP contribution in [0.2, 0.25) is 5.02 Å². The third kappa shape index (κ3) is 3.92. The van der Waals surface area contributed by atoms with Crippen LogP contribution in [0.4, 0.5) is 4.39 Å². The lowest BCUT2D eigenvalue weighted by Crippen LogP contribution is -2.29. The number of hydrogen-bond donors (Lipinski definition) is 2. The van der Waals surface area contributed by atoms with E-state index < -0.39 is 20.7 Å². The minimum absolute atomic E-state index is 0.123. The molecule has 0 spiro atoms. The zero-order valence-corrected chi connectivity index (χ0v) is 10.9. The number of halogens is 2. The van der Waals surface area contributed by atoms with Gasteiger partial charge in [0.2, 0.25) is 10.0 Å². The normalized spacial score (nSPS) is 13.6. The van der Waals surface area contributed by atoms with Crippen LogP contribution < -0.4 is 10.5 Å². The highest BCUT2D eigenvalue weighted by molar-refractivity contribution is 7.89. The first kappa shape index (κ1) is 14.4. The molecule has 0 unspecified atom stereocenters. The number of nitrogens with one attached hydrogen (secondary N) is 1. The van der Waals surface area contributed by atoms with Crippen molar-refractivity contribution >= 4 is 21.6 Å². The van der Waals surface area contributed by atoms with Gasteiger partial charge in [-0.2, -0.15) is 0 Å². The molecule has 0 aliphatic carbocycles. The van der Waals surface area contributed by atoms with Crippen LogP contribution in [0.1, 0.15) is 13.3 Å². The van der Waals surface area contributed by atoms with Crippen molar-refractivity contribution in [3.05, 3.63) is 29.0 Å². The second kappa shape index (κ2) is 5.77. The molecule has 0 aliphatic heterocycles. The Morgan fingerprint density at radius 3 is 2.76 bits per heavy atom. The van der Waals surface area contributed by atoms with E-state index in [0.717, 1.165) is 6.07 Å². The maximum Gasteiger partial charge on any atom is 0.243 e. The molecule has 1 aromatic carbocycles. The lowest BCUT2D eigenvalue weighted by Gasteiger charge is -2.09. The van der Waals surface area contributed by atoms with Gasteiger partial charge in [0, 0.05) is 12.6 Å². The van der Waals surface area contributed by atoms with Gasteiger partial charge in [-0.15, -0.1) is 0 Å². The summed E-state index contributed by atoms with van der Waals surface area (Å²) >= 11 is 5.52. The Bertz CT molecular complexity index is 491. The zero-order chi connectivity index (χ0) is 13.1. The van der Waals surface area contributed by atoms with E-state index in [9.17, 15) is 12.8 Å². The van der Waals surface area contributed by atoms with Crippen molar-refractivity contribution < 1.29 is 12.8 Å². The van der Waals surface area contributed by atoms with Crippen LogP contribution in [0.5, 0.6) is 0 Å². The monoisotopic (exact) mass is 280 g/mol. The largest absolute Gasteiger partial charge is 0.328 e. The number of rotatable bonds is 5. The van der Waals surface area contributed by atoms with E-state index in [1.165, 1.54) is 12.1 Å². The fourth-order valence-electron chi connectivity index (χ4n) is 1.19. The Hall–Kier alpha value is -0.690. The molecule has 0 radical (unpaired) electrons. The summed E-state index contributed by atoms with van der Waals surface area (Å²) < 4.78 is 39.2. The summed E-state index contributed by atoms with van der Waals surface area (Å²) in [5.74, 6) is -0.942. The quantitative estimate of drug-likeness (QED) is 0.858. The number of hydrogen-bond acceptors (Lipinski definition) is 3. The minimum atomic E-state index is -3.87. The molecular weight excluding hydrogens is 267 g/mol. The van der Waals surface area contributed by atoms with E-state index in [1.54, 1.807) is 6.92 Å². The fourth-order valence-corrected chi connectivity index (χ4v) is 2.57. The van der Waals surface area contributed by atoms with Gasteiger partial charge in [-0.05, 0) is 25.5 Å². The van der Waals surface area contributed by atoms with E-state index in [0.29, 0.717) is 6.42 Å². The van der Waals surface area contributed by atoms with Gasteiger partial charge in [0.1, 0.15) is 4.90 Å². The Labute approximate surface area is 105 Å². The Kier molecular flexibility index (Phi) is 4.88. The summed E-state index contributed by atoms with van der Waals surface area (Å²) in [4.78, 5) is -0.449. The lowest BCUT2D eigenvalue weighted by atomic mass is 10.3. The molecule has 0 aromatic heterocycles. The van der Waals surface area contributed by atoms with Gasteiger partial charge in [-0.25, -0.2) is 17.5 Å². The highest BCUT2D eigenvalue weighted by Gasteiger charge is 2.20. The Morgan fingerprint density at radius 2 is 2.18 bits per heavy atom. The van der Waals surface area contributed by atoms with Crippen LogP contribution in [-0.2, 0) is 10.0 Å². The summed E-state index contributed by atoms with van der Waals surface area (Å²) in [5, 5.41) is -0.222. The second-order valence-corrected chi connectivity index (χ2v) is 5.86. The van der Waals surface area contributed by atoms with Crippen LogP contribution in [0.15, 0.2) is 23.1 Å². The van der Waals surface area contributed by atoms with E-state index in [-0.39, 0.29) is 17.6 Å². The Balaban J connectivity index is 2.87. The van der Waals surface area contributed by atoms with Crippen LogP contribution >= 0.6 is 11.6 Å². The van der Waals surface area contributed by atoms with Gasteiger partial charge in [0.15, 0.2) is 5.82 Å². The van der Waals surface area contributed by atoms with Gasteiger partial charge in [0.05, 0.1) is 5.02 Å². The zero-order valence-electron chi connectivity index (χ0n) is 9.28. The van der Waals surface area contributed by atoms with Crippen molar-refractivity contribution in [2.75, 3.05) is 6.54 Å². The van der Waals surface area contributed by atoms with Gasteiger partial charge in [-0.1, -0.05) is 17.7 Å². The molecule has 0 saturated carbocycles. The van der Waals surface area contributed by atoms with Gasteiger partial charge >= 0.3 is 0 Å². The molecule has 7 heteroatoms. The molecule has 0 amide bonds. The number of benzene rings is 1. The lowest BCUT2D eigenvalue weighted by molar-refractivity contribution is 0.551. The van der Waals surface area contributed by atoms with Crippen molar-refractivity contribution in [3.8, 4) is 0 Å². The van der Waals surface area contributed by atoms with E-state index in [2.05, 4.69) is 4.72 Å². The molecule has 17 heavy (non-hydrogen) atoms. The van der Waals surface area contributed by atoms with Crippen molar-refractivity contribution in [1.29, 1.82) is 0 Å². The number of nitrogens with two attached hydrogens (primary N) is 1. The maximum absolute atomic E-state index is 13.5. The maximum atomic E-state index is 13.5. The summed E-state index contributed by atoms with van der Waals surface area (Å²) in [5.41, 5.74) is 5.48. The van der Waals surface area contributed by atoms with Gasteiger partial charge in [0.25, 0.3) is 0 Å². The molecule has 96 valence electrons. The third-order valence-corrected chi connectivity index (χ3v) is 3.87. The fraction of sp³-hybridized carbons (Fsp3) is 0.400. The summed E-state index contributed by atoms with van der Waals surface area (Å²) in [6.45, 7) is 1.92. The number of sulfonamides is 1. The summed E-state index contributed by atoms with van der Waals surface area (Å²) in [7, 11) is -3.87.